The zero-order valence-corrected chi connectivity index (χ0v) is 21.5. The minimum atomic E-state index is -0.658. The highest BCUT2D eigenvalue weighted by Crippen LogP contribution is 2.24. The normalized spacial score (nSPS) is 10.6. The first-order chi connectivity index (χ1) is 18.4. The van der Waals surface area contributed by atoms with E-state index < -0.39 is 22.7 Å². The van der Waals surface area contributed by atoms with Crippen LogP contribution in [0, 0.1) is 10.1 Å². The SMILES string of the molecule is CCOC(=O)c1ccc(NC(=O)c2cc([N+](=O)[O-])ccc2NC(=O)CNCCCSCc2ccco2)cc1. The van der Waals surface area contributed by atoms with Crippen molar-refractivity contribution in [2.45, 2.75) is 19.1 Å². The predicted octanol–water partition coefficient (Wildman–Crippen LogP) is 4.47. The van der Waals surface area contributed by atoms with Crippen molar-refractivity contribution >= 4 is 46.6 Å². The third kappa shape index (κ3) is 8.75. The predicted molar refractivity (Wildman–Crippen MR) is 144 cm³/mol. The van der Waals surface area contributed by atoms with Crippen LogP contribution in [0.2, 0.25) is 0 Å². The summed E-state index contributed by atoms with van der Waals surface area (Å²) in [5.74, 6) is 1.05. The molecule has 0 saturated carbocycles. The van der Waals surface area contributed by atoms with Crippen LogP contribution < -0.4 is 16.0 Å². The molecule has 0 radical (unpaired) electrons. The first-order valence-electron chi connectivity index (χ1n) is 11.8. The van der Waals surface area contributed by atoms with Crippen molar-refractivity contribution in [3.05, 3.63) is 87.9 Å². The molecule has 0 aliphatic carbocycles. The van der Waals surface area contributed by atoms with Gasteiger partial charge in [-0.1, -0.05) is 0 Å². The van der Waals surface area contributed by atoms with Crippen molar-refractivity contribution in [2.75, 3.05) is 36.1 Å². The number of esters is 1. The minimum Gasteiger partial charge on any atom is -0.468 e. The Bertz CT molecular complexity index is 1250. The summed E-state index contributed by atoms with van der Waals surface area (Å²) in [6, 6.07) is 13.4. The number of anilines is 2. The van der Waals surface area contributed by atoms with Gasteiger partial charge in [0, 0.05) is 17.8 Å². The van der Waals surface area contributed by atoms with E-state index in [0.717, 1.165) is 29.8 Å². The summed E-state index contributed by atoms with van der Waals surface area (Å²) in [6.07, 6.45) is 2.49. The fourth-order valence-electron chi connectivity index (χ4n) is 3.31. The standard InChI is InChI=1S/C26H28N4O7S/c1-2-36-26(33)18-6-8-19(9-7-18)28-25(32)22-15-20(30(34)35)10-11-23(22)29-24(31)16-27-12-4-14-38-17-21-5-3-13-37-21/h3,5-11,13,15,27H,2,4,12,14,16-17H2,1H3,(H,28,32)(H,29,31). The van der Waals surface area contributed by atoms with Crippen molar-refractivity contribution in [3.8, 4) is 0 Å². The molecule has 0 unspecified atom stereocenters. The Labute approximate surface area is 223 Å². The molecule has 2 amide bonds. The molecule has 1 heterocycles. The second-order valence-electron chi connectivity index (χ2n) is 7.95. The summed E-state index contributed by atoms with van der Waals surface area (Å²) in [5.41, 5.74) is 0.444. The van der Waals surface area contributed by atoms with Gasteiger partial charge in [0.1, 0.15) is 5.76 Å². The number of nitro groups is 1. The Morgan fingerprint density at radius 3 is 2.55 bits per heavy atom. The van der Waals surface area contributed by atoms with E-state index in [1.807, 2.05) is 12.1 Å². The van der Waals surface area contributed by atoms with E-state index in [1.165, 1.54) is 36.4 Å². The van der Waals surface area contributed by atoms with Crippen LogP contribution in [-0.4, -0.2) is 48.2 Å². The number of thioether (sulfide) groups is 1. The molecule has 38 heavy (non-hydrogen) atoms. The average molecular weight is 541 g/mol. The molecule has 1 aromatic heterocycles. The lowest BCUT2D eigenvalue weighted by Crippen LogP contribution is -2.29. The van der Waals surface area contributed by atoms with Crippen LogP contribution in [0.1, 0.15) is 39.8 Å². The minimum absolute atomic E-state index is 0.0101. The van der Waals surface area contributed by atoms with E-state index in [2.05, 4.69) is 16.0 Å². The number of hydrogen-bond donors (Lipinski definition) is 3. The monoisotopic (exact) mass is 540 g/mol. The third-order valence-electron chi connectivity index (χ3n) is 5.14. The second-order valence-corrected chi connectivity index (χ2v) is 9.05. The number of nitrogens with zero attached hydrogens (tertiary/aromatic N) is 1. The molecule has 0 aliphatic rings. The summed E-state index contributed by atoms with van der Waals surface area (Å²) in [7, 11) is 0. The summed E-state index contributed by atoms with van der Waals surface area (Å²) in [5, 5.41) is 19.6. The Morgan fingerprint density at radius 2 is 1.87 bits per heavy atom. The number of non-ortho nitro benzene ring substituents is 1. The van der Waals surface area contributed by atoms with Crippen LogP contribution in [0.25, 0.3) is 0 Å². The lowest BCUT2D eigenvalue weighted by molar-refractivity contribution is -0.384. The van der Waals surface area contributed by atoms with Crippen molar-refractivity contribution in [1.29, 1.82) is 0 Å². The number of rotatable bonds is 14. The Hall–Kier alpha value is -4.16. The highest BCUT2D eigenvalue weighted by Gasteiger charge is 2.19. The fraction of sp³-hybridized carbons (Fsp3) is 0.269. The second kappa shape index (κ2) is 14.5. The van der Waals surface area contributed by atoms with Crippen LogP contribution >= 0.6 is 11.8 Å². The van der Waals surface area contributed by atoms with Gasteiger partial charge in [0.25, 0.3) is 11.6 Å². The number of carbonyl (C=O) groups excluding carboxylic acids is 3. The molecule has 0 aliphatic heterocycles. The molecule has 12 heteroatoms. The number of carbonyl (C=O) groups is 3. The van der Waals surface area contributed by atoms with E-state index in [0.29, 0.717) is 17.8 Å². The Morgan fingerprint density at radius 1 is 1.08 bits per heavy atom. The van der Waals surface area contributed by atoms with Gasteiger partial charge in [-0.15, -0.1) is 0 Å². The smallest absolute Gasteiger partial charge is 0.338 e. The fourth-order valence-corrected chi connectivity index (χ4v) is 4.17. The number of furan rings is 1. The zero-order valence-electron chi connectivity index (χ0n) is 20.7. The molecule has 0 fully saturated rings. The van der Waals surface area contributed by atoms with Crippen LogP contribution in [0.5, 0.6) is 0 Å². The van der Waals surface area contributed by atoms with E-state index in [9.17, 15) is 24.5 Å². The Kier molecular flexibility index (Phi) is 10.9. The van der Waals surface area contributed by atoms with Crippen LogP contribution in [0.4, 0.5) is 17.1 Å². The number of nitrogens with one attached hydrogen (secondary N) is 3. The number of hydrogen-bond acceptors (Lipinski definition) is 9. The average Bonchev–Trinajstić information content (AvgIpc) is 3.42. The van der Waals surface area contributed by atoms with Gasteiger partial charge < -0.3 is 25.1 Å². The summed E-state index contributed by atoms with van der Waals surface area (Å²) in [6.45, 7) is 2.56. The first kappa shape index (κ1) is 28.4. The molecule has 3 N–H and O–H groups in total. The molecular weight excluding hydrogens is 512 g/mol. The molecule has 3 rings (SSSR count). The van der Waals surface area contributed by atoms with Gasteiger partial charge in [-0.25, -0.2) is 4.79 Å². The molecule has 200 valence electrons. The molecule has 0 saturated heterocycles. The number of ether oxygens (including phenoxy) is 1. The van der Waals surface area contributed by atoms with Gasteiger partial charge in [0.15, 0.2) is 0 Å². The zero-order chi connectivity index (χ0) is 27.3. The van der Waals surface area contributed by atoms with Gasteiger partial charge in [-0.3, -0.25) is 19.7 Å². The highest BCUT2D eigenvalue weighted by atomic mass is 32.2. The van der Waals surface area contributed by atoms with Crippen molar-refractivity contribution in [2.24, 2.45) is 0 Å². The van der Waals surface area contributed by atoms with Crippen LogP contribution in [0.3, 0.4) is 0 Å². The van der Waals surface area contributed by atoms with Crippen molar-refractivity contribution in [3.63, 3.8) is 0 Å². The lowest BCUT2D eigenvalue weighted by atomic mass is 10.1. The van der Waals surface area contributed by atoms with E-state index >= 15 is 0 Å². The molecular formula is C26H28N4O7S. The van der Waals surface area contributed by atoms with E-state index in [-0.39, 0.29) is 30.1 Å². The summed E-state index contributed by atoms with van der Waals surface area (Å²) in [4.78, 5) is 47.9. The van der Waals surface area contributed by atoms with Gasteiger partial charge in [-0.2, -0.15) is 11.8 Å². The van der Waals surface area contributed by atoms with Crippen LogP contribution in [-0.2, 0) is 15.3 Å². The molecule has 0 spiro atoms. The van der Waals surface area contributed by atoms with Gasteiger partial charge in [0.05, 0.1) is 46.9 Å². The Balaban J connectivity index is 1.54. The quantitative estimate of drug-likeness (QED) is 0.116. The summed E-state index contributed by atoms with van der Waals surface area (Å²) >= 11 is 1.73. The molecule has 11 nitrogen and oxygen atoms in total. The first-order valence-corrected chi connectivity index (χ1v) is 13.0. The maximum atomic E-state index is 13.0. The number of nitro benzene ring substituents is 1. The maximum Gasteiger partial charge on any atom is 0.338 e. The highest BCUT2D eigenvalue weighted by molar-refractivity contribution is 7.98. The summed E-state index contributed by atoms with van der Waals surface area (Å²) < 4.78 is 10.2. The molecule has 3 aromatic rings. The van der Waals surface area contributed by atoms with Gasteiger partial charge in [0.2, 0.25) is 5.91 Å². The van der Waals surface area contributed by atoms with E-state index in [1.54, 1.807) is 24.9 Å². The van der Waals surface area contributed by atoms with Gasteiger partial charge in [-0.05, 0) is 68.1 Å². The maximum absolute atomic E-state index is 13.0. The van der Waals surface area contributed by atoms with Crippen molar-refractivity contribution < 1.29 is 28.5 Å². The van der Waals surface area contributed by atoms with Crippen LogP contribution in [0.15, 0.2) is 65.3 Å². The third-order valence-corrected chi connectivity index (χ3v) is 6.20. The van der Waals surface area contributed by atoms with E-state index in [4.69, 9.17) is 9.15 Å². The molecule has 0 atom stereocenters. The molecule has 2 aromatic carbocycles. The molecule has 0 bridgehead atoms. The largest absolute Gasteiger partial charge is 0.468 e. The van der Waals surface area contributed by atoms with Crippen molar-refractivity contribution in [1.82, 2.24) is 5.32 Å². The lowest BCUT2D eigenvalue weighted by Gasteiger charge is -2.12. The number of amides is 2. The topological polar surface area (TPSA) is 153 Å². The number of benzene rings is 2. The van der Waals surface area contributed by atoms with Gasteiger partial charge >= 0.3 is 5.97 Å².